The number of fused-ring (bicyclic) bond motifs is 1. The smallest absolute Gasteiger partial charge is 0.255 e. The predicted octanol–water partition coefficient (Wildman–Crippen LogP) is 4.49. The maximum absolute atomic E-state index is 13.5. The van der Waals surface area contributed by atoms with Crippen LogP contribution in [-0.4, -0.2) is 59.1 Å². The van der Waals surface area contributed by atoms with Gasteiger partial charge >= 0.3 is 0 Å². The number of benzene rings is 1. The first-order chi connectivity index (χ1) is 19.4. The average Bonchev–Trinajstić information content (AvgIpc) is 3.23. The molecule has 0 radical (unpaired) electrons. The van der Waals surface area contributed by atoms with Gasteiger partial charge in [0.25, 0.3) is 5.91 Å². The maximum Gasteiger partial charge on any atom is 0.255 e. The normalized spacial score (nSPS) is 18.8. The molecule has 5 rings (SSSR count). The van der Waals surface area contributed by atoms with Crippen molar-refractivity contribution in [2.24, 2.45) is 5.41 Å². The number of carbonyl (C=O) groups excluding carboxylic acids is 2. The van der Waals surface area contributed by atoms with E-state index in [9.17, 15) is 9.59 Å². The van der Waals surface area contributed by atoms with E-state index in [1.807, 2.05) is 24.4 Å². The topological polar surface area (TPSA) is 88.5 Å². The fourth-order valence-electron chi connectivity index (χ4n) is 6.18. The minimum absolute atomic E-state index is 0.114. The molecule has 2 N–H and O–H groups in total. The molecule has 4 heterocycles. The fourth-order valence-corrected chi connectivity index (χ4v) is 6.18. The van der Waals surface area contributed by atoms with Gasteiger partial charge in [-0.1, -0.05) is 24.6 Å². The molecule has 1 saturated heterocycles. The Labute approximate surface area is 237 Å². The molecule has 40 heavy (non-hydrogen) atoms. The molecule has 212 valence electrons. The first-order valence-corrected chi connectivity index (χ1v) is 14.5. The van der Waals surface area contributed by atoms with Crippen LogP contribution >= 0.6 is 0 Å². The summed E-state index contributed by atoms with van der Waals surface area (Å²) in [6, 6.07) is 13.6. The number of carbonyl (C=O) groups is 2. The third-order valence-corrected chi connectivity index (χ3v) is 8.56. The Hall–Kier alpha value is -3.65. The summed E-state index contributed by atoms with van der Waals surface area (Å²) in [5.74, 6) is 1.56. The van der Waals surface area contributed by atoms with Crippen LogP contribution in [0.3, 0.4) is 0 Å². The number of hydrogen-bond acceptors (Lipinski definition) is 5. The lowest BCUT2D eigenvalue weighted by Crippen LogP contribution is -2.49. The number of aryl methyl sites for hydroxylation is 2. The number of ether oxygens (including phenoxy) is 1. The molecule has 2 aromatic heterocycles. The molecular formula is C32H41N5O3. The molecule has 2 amide bonds. The van der Waals surface area contributed by atoms with Crippen LogP contribution in [0.25, 0.3) is 5.82 Å². The maximum atomic E-state index is 13.5. The van der Waals surface area contributed by atoms with E-state index in [2.05, 4.69) is 58.0 Å². The fraction of sp³-hybridized carbons (Fsp3) is 0.469. The number of aromatic nitrogens is 2. The van der Waals surface area contributed by atoms with Crippen molar-refractivity contribution in [2.75, 3.05) is 32.8 Å². The Kier molecular flexibility index (Phi) is 8.54. The van der Waals surface area contributed by atoms with Crippen LogP contribution in [0.1, 0.15) is 65.0 Å². The molecule has 3 aromatic rings. The zero-order valence-corrected chi connectivity index (χ0v) is 24.0. The van der Waals surface area contributed by atoms with E-state index in [1.54, 1.807) is 12.1 Å². The lowest BCUT2D eigenvalue weighted by Gasteiger charge is -2.41. The van der Waals surface area contributed by atoms with Crippen LogP contribution in [0.2, 0.25) is 0 Å². The second-order valence-electron chi connectivity index (χ2n) is 11.2. The molecule has 8 heteroatoms. The molecule has 0 bridgehead atoms. The standard InChI is InChI=1S/C32H41N5O3/c1-23-9-8-16-33-29(23)37-24(2)21-26(25(37)3)22-36-18-13-32(14-19-36)12-6-7-15-34-30(38)27-10-4-5-11-28(27)40-20-17-35-31(32)39/h4-5,8-11,16,21H,6-7,12-15,17-20,22H2,1-3H3,(H,34,38)(H,35,39). The highest BCUT2D eigenvalue weighted by Crippen LogP contribution is 2.38. The number of nitrogens with one attached hydrogen (secondary N) is 2. The van der Waals surface area contributed by atoms with E-state index in [1.165, 1.54) is 17.0 Å². The van der Waals surface area contributed by atoms with Crippen LogP contribution in [0.4, 0.5) is 0 Å². The van der Waals surface area contributed by atoms with Crippen LogP contribution < -0.4 is 15.4 Å². The van der Waals surface area contributed by atoms with Gasteiger partial charge in [0.15, 0.2) is 0 Å². The zero-order valence-electron chi connectivity index (χ0n) is 24.0. The first-order valence-electron chi connectivity index (χ1n) is 14.5. The third-order valence-electron chi connectivity index (χ3n) is 8.56. The SMILES string of the molecule is Cc1cccnc1-n1c(C)cc(CN2CCC3(CCCCNC(=O)c4ccccc4OCCNC3=O)CC2)c1C. The van der Waals surface area contributed by atoms with Gasteiger partial charge in [-0.15, -0.1) is 0 Å². The Bertz CT molecular complexity index is 1360. The van der Waals surface area contributed by atoms with E-state index < -0.39 is 0 Å². The molecular weight excluding hydrogens is 502 g/mol. The van der Waals surface area contributed by atoms with Crippen molar-refractivity contribution >= 4 is 11.8 Å². The van der Waals surface area contributed by atoms with Gasteiger partial charge in [-0.3, -0.25) is 14.5 Å². The quantitative estimate of drug-likeness (QED) is 0.508. The van der Waals surface area contributed by atoms with E-state index in [0.717, 1.165) is 63.1 Å². The van der Waals surface area contributed by atoms with Crippen molar-refractivity contribution in [1.29, 1.82) is 0 Å². The van der Waals surface area contributed by atoms with Crippen LogP contribution in [0.5, 0.6) is 5.75 Å². The summed E-state index contributed by atoms with van der Waals surface area (Å²) in [6.07, 6.45) is 6.07. The number of nitrogens with zero attached hydrogens (tertiary/aromatic N) is 3. The number of amides is 2. The van der Waals surface area contributed by atoms with Crippen LogP contribution in [-0.2, 0) is 11.3 Å². The van der Waals surface area contributed by atoms with Crippen molar-refractivity contribution in [3.63, 3.8) is 0 Å². The summed E-state index contributed by atoms with van der Waals surface area (Å²) >= 11 is 0. The Morgan fingerprint density at radius 1 is 0.950 bits per heavy atom. The minimum atomic E-state index is -0.384. The van der Waals surface area contributed by atoms with E-state index in [4.69, 9.17) is 4.74 Å². The Morgan fingerprint density at radius 3 is 2.55 bits per heavy atom. The zero-order chi connectivity index (χ0) is 28.1. The number of hydrogen-bond donors (Lipinski definition) is 2. The highest BCUT2D eigenvalue weighted by atomic mass is 16.5. The number of piperidine rings is 1. The lowest BCUT2D eigenvalue weighted by atomic mass is 9.73. The molecule has 2 aliphatic rings. The van der Waals surface area contributed by atoms with E-state index in [-0.39, 0.29) is 17.2 Å². The summed E-state index contributed by atoms with van der Waals surface area (Å²) in [5.41, 5.74) is 5.02. The van der Waals surface area contributed by atoms with Gasteiger partial charge in [0.05, 0.1) is 17.5 Å². The molecule has 1 spiro atoms. The van der Waals surface area contributed by atoms with Crippen LogP contribution in [0.15, 0.2) is 48.7 Å². The van der Waals surface area contributed by atoms with Crippen molar-refractivity contribution in [2.45, 2.75) is 59.4 Å². The largest absolute Gasteiger partial charge is 0.491 e. The summed E-state index contributed by atoms with van der Waals surface area (Å²) in [4.78, 5) is 33.3. The van der Waals surface area contributed by atoms with Gasteiger partial charge < -0.3 is 19.9 Å². The number of pyridine rings is 1. The Balaban J connectivity index is 1.24. The van der Waals surface area contributed by atoms with Gasteiger partial charge in [-0.2, -0.15) is 0 Å². The highest BCUT2D eigenvalue weighted by molar-refractivity contribution is 5.96. The molecule has 1 aromatic carbocycles. The number of likely N-dealkylation sites (tertiary alicyclic amines) is 1. The molecule has 0 saturated carbocycles. The van der Waals surface area contributed by atoms with Gasteiger partial charge in [0.1, 0.15) is 18.2 Å². The van der Waals surface area contributed by atoms with Crippen molar-refractivity contribution in [3.8, 4) is 11.6 Å². The first kappa shape index (κ1) is 27.9. The summed E-state index contributed by atoms with van der Waals surface area (Å²) < 4.78 is 8.13. The minimum Gasteiger partial charge on any atom is -0.491 e. The predicted molar refractivity (Wildman–Crippen MR) is 156 cm³/mol. The van der Waals surface area contributed by atoms with Crippen molar-refractivity contribution in [1.82, 2.24) is 25.1 Å². The lowest BCUT2D eigenvalue weighted by molar-refractivity contribution is -0.134. The average molecular weight is 544 g/mol. The molecule has 0 unspecified atom stereocenters. The van der Waals surface area contributed by atoms with Gasteiger partial charge in [-0.25, -0.2) is 4.98 Å². The summed E-state index contributed by atoms with van der Waals surface area (Å²) in [6.45, 7) is 10.3. The number of para-hydroxylation sites is 1. The van der Waals surface area contributed by atoms with Crippen LogP contribution in [0, 0.1) is 26.2 Å². The van der Waals surface area contributed by atoms with Crippen molar-refractivity contribution < 1.29 is 14.3 Å². The van der Waals surface area contributed by atoms with Gasteiger partial charge in [-0.05, 0) is 94.9 Å². The molecule has 1 fully saturated rings. The van der Waals surface area contributed by atoms with Gasteiger partial charge in [0, 0.05) is 30.7 Å². The summed E-state index contributed by atoms with van der Waals surface area (Å²) in [5, 5.41) is 6.18. The third kappa shape index (κ3) is 5.92. The number of rotatable bonds is 3. The van der Waals surface area contributed by atoms with Crippen molar-refractivity contribution in [3.05, 3.63) is 76.7 Å². The van der Waals surface area contributed by atoms with E-state index >= 15 is 0 Å². The Morgan fingerprint density at radius 2 is 1.75 bits per heavy atom. The second-order valence-corrected chi connectivity index (χ2v) is 11.2. The monoisotopic (exact) mass is 543 g/mol. The second kappa shape index (κ2) is 12.3. The molecule has 0 atom stereocenters. The summed E-state index contributed by atoms with van der Waals surface area (Å²) in [7, 11) is 0. The molecule has 8 nitrogen and oxygen atoms in total. The molecule has 2 aliphatic heterocycles. The van der Waals surface area contributed by atoms with E-state index in [0.29, 0.717) is 31.0 Å². The van der Waals surface area contributed by atoms with Gasteiger partial charge in [0.2, 0.25) is 5.91 Å². The highest BCUT2D eigenvalue weighted by Gasteiger charge is 2.40. The molecule has 0 aliphatic carbocycles.